The number of H-pyrrole nitrogens is 1. The molecule has 1 aromatic carbocycles. The molecule has 1 aliphatic heterocycles. The molecule has 0 amide bonds. The lowest BCUT2D eigenvalue weighted by Crippen LogP contribution is -2.36. The van der Waals surface area contributed by atoms with Gasteiger partial charge in [-0.05, 0) is 25.0 Å². The molecular weight excluding hydrogens is 406 g/mol. The van der Waals surface area contributed by atoms with E-state index in [0.29, 0.717) is 13.2 Å². The van der Waals surface area contributed by atoms with E-state index in [4.69, 9.17) is 19.9 Å². The minimum atomic E-state index is -0.936. The molecule has 164 valence electrons. The Morgan fingerprint density at radius 3 is 2.74 bits per heavy atom. The van der Waals surface area contributed by atoms with Crippen molar-refractivity contribution >= 4 is 17.5 Å². The van der Waals surface area contributed by atoms with Crippen LogP contribution in [0.3, 0.4) is 0 Å². The third kappa shape index (κ3) is 4.43. The van der Waals surface area contributed by atoms with E-state index in [1.807, 2.05) is 36.4 Å². The molecule has 11 heteroatoms. The van der Waals surface area contributed by atoms with Crippen LogP contribution in [-0.4, -0.2) is 45.5 Å². The average molecular weight is 429 g/mol. The van der Waals surface area contributed by atoms with E-state index in [0.717, 1.165) is 11.1 Å². The standard InChI is InChI=1S/C20H23N5O6/c1-20(2)30-15-12(10-29-9-11-6-4-3-5-7-11)8-13(16(15)31-20)22-17-14(25(27)28)18(26)24-19(21)23-17/h3-8,13,15-16H,9-10H2,1-2H3,(H4,21,22,23,24,26)/t13-,15-,16+/m1/s1. The molecule has 0 saturated carbocycles. The van der Waals surface area contributed by atoms with Gasteiger partial charge in [0.1, 0.15) is 12.2 Å². The molecule has 1 aliphatic carbocycles. The van der Waals surface area contributed by atoms with Gasteiger partial charge in [0.15, 0.2) is 5.79 Å². The largest absolute Gasteiger partial charge is 0.375 e. The van der Waals surface area contributed by atoms with E-state index in [2.05, 4.69) is 15.3 Å². The molecule has 0 spiro atoms. The van der Waals surface area contributed by atoms with Crippen molar-refractivity contribution in [2.75, 3.05) is 17.7 Å². The van der Waals surface area contributed by atoms with Crippen LogP contribution in [0, 0.1) is 10.1 Å². The maximum atomic E-state index is 12.0. The van der Waals surface area contributed by atoms with Gasteiger partial charge in [-0.15, -0.1) is 0 Å². The molecule has 11 nitrogen and oxygen atoms in total. The van der Waals surface area contributed by atoms with Crippen LogP contribution >= 0.6 is 0 Å². The number of aromatic amines is 1. The lowest BCUT2D eigenvalue weighted by atomic mass is 10.1. The third-order valence-electron chi connectivity index (χ3n) is 5.02. The SMILES string of the molecule is CC1(C)O[C@@H]2[C@H](O1)C(COCc1ccccc1)=C[C@H]2Nc1nc(N)[nH]c(=O)c1[N+](=O)[O-]. The van der Waals surface area contributed by atoms with Crippen molar-refractivity contribution in [2.45, 2.75) is 44.5 Å². The zero-order chi connectivity index (χ0) is 22.2. The smallest absolute Gasteiger partial charge is 0.372 e. The Morgan fingerprint density at radius 2 is 2.03 bits per heavy atom. The first-order chi connectivity index (χ1) is 14.7. The minimum absolute atomic E-state index is 0.230. The Bertz CT molecular complexity index is 1070. The van der Waals surface area contributed by atoms with Crippen molar-refractivity contribution in [3.63, 3.8) is 0 Å². The van der Waals surface area contributed by atoms with Gasteiger partial charge in [0.05, 0.1) is 24.2 Å². The topological polar surface area (TPSA) is 155 Å². The number of ether oxygens (including phenoxy) is 3. The summed E-state index contributed by atoms with van der Waals surface area (Å²) in [4.78, 5) is 28.6. The molecule has 0 radical (unpaired) electrons. The van der Waals surface area contributed by atoms with Crippen LogP contribution < -0.4 is 16.6 Å². The molecular formula is C20H23N5O6. The average Bonchev–Trinajstić information content (AvgIpc) is 3.16. The van der Waals surface area contributed by atoms with Crippen LogP contribution in [0.2, 0.25) is 0 Å². The Hall–Kier alpha value is -3.28. The maximum Gasteiger partial charge on any atom is 0.375 e. The van der Waals surface area contributed by atoms with Crippen LogP contribution in [-0.2, 0) is 20.8 Å². The molecule has 3 atom stereocenters. The highest BCUT2D eigenvalue weighted by Crippen LogP contribution is 2.39. The molecule has 4 rings (SSSR count). The van der Waals surface area contributed by atoms with E-state index in [9.17, 15) is 14.9 Å². The van der Waals surface area contributed by atoms with Crippen molar-refractivity contribution in [3.8, 4) is 0 Å². The number of benzene rings is 1. The highest BCUT2D eigenvalue weighted by Gasteiger charge is 2.50. The Balaban J connectivity index is 1.56. The fourth-order valence-electron chi connectivity index (χ4n) is 3.79. The van der Waals surface area contributed by atoms with Crippen LogP contribution in [0.25, 0.3) is 0 Å². The first-order valence-electron chi connectivity index (χ1n) is 9.72. The zero-order valence-electron chi connectivity index (χ0n) is 17.0. The van der Waals surface area contributed by atoms with Crippen molar-refractivity contribution in [2.24, 2.45) is 0 Å². The number of nitro groups is 1. The van der Waals surface area contributed by atoms with E-state index in [1.165, 1.54) is 0 Å². The van der Waals surface area contributed by atoms with Gasteiger partial charge in [-0.25, -0.2) is 0 Å². The molecule has 0 unspecified atom stereocenters. The summed E-state index contributed by atoms with van der Waals surface area (Å²) in [5, 5.41) is 14.3. The number of nitrogens with one attached hydrogen (secondary N) is 2. The number of fused-ring (bicyclic) bond motifs is 1. The third-order valence-corrected chi connectivity index (χ3v) is 5.02. The fourth-order valence-corrected chi connectivity index (χ4v) is 3.79. The molecule has 1 saturated heterocycles. The normalized spacial score (nSPS) is 23.9. The Labute approximate surface area is 177 Å². The van der Waals surface area contributed by atoms with Gasteiger partial charge in [0.2, 0.25) is 11.8 Å². The molecule has 2 heterocycles. The van der Waals surface area contributed by atoms with Gasteiger partial charge in [0, 0.05) is 0 Å². The zero-order valence-corrected chi connectivity index (χ0v) is 17.0. The highest BCUT2D eigenvalue weighted by molar-refractivity contribution is 5.58. The van der Waals surface area contributed by atoms with E-state index in [-0.39, 0.29) is 11.8 Å². The summed E-state index contributed by atoms with van der Waals surface area (Å²) in [5.74, 6) is -1.31. The number of aromatic nitrogens is 2. The van der Waals surface area contributed by atoms with Gasteiger partial charge in [-0.2, -0.15) is 4.98 Å². The second-order valence-electron chi connectivity index (χ2n) is 7.82. The molecule has 2 aromatic rings. The number of nitrogens with two attached hydrogens (primary N) is 1. The van der Waals surface area contributed by atoms with Gasteiger partial charge >= 0.3 is 11.2 Å². The number of rotatable bonds is 7. The number of hydrogen-bond acceptors (Lipinski definition) is 9. The first kappa shape index (κ1) is 21.0. The Morgan fingerprint density at radius 1 is 1.29 bits per heavy atom. The van der Waals surface area contributed by atoms with Crippen LogP contribution in [0.5, 0.6) is 0 Å². The van der Waals surface area contributed by atoms with Crippen LogP contribution in [0.15, 0.2) is 46.8 Å². The van der Waals surface area contributed by atoms with Crippen molar-refractivity contribution < 1.29 is 19.1 Å². The fraction of sp³-hybridized carbons (Fsp3) is 0.400. The summed E-state index contributed by atoms with van der Waals surface area (Å²) in [6.07, 6.45) is 0.951. The highest BCUT2D eigenvalue weighted by atomic mass is 16.8. The van der Waals surface area contributed by atoms with Crippen molar-refractivity contribution in [1.82, 2.24) is 9.97 Å². The first-order valence-corrected chi connectivity index (χ1v) is 9.72. The number of hydrogen-bond donors (Lipinski definition) is 3. The summed E-state index contributed by atoms with van der Waals surface area (Å²) < 4.78 is 17.9. The predicted molar refractivity (Wildman–Crippen MR) is 111 cm³/mol. The van der Waals surface area contributed by atoms with Gasteiger partial charge < -0.3 is 25.3 Å². The molecule has 4 N–H and O–H groups in total. The summed E-state index contributed by atoms with van der Waals surface area (Å²) in [7, 11) is 0. The summed E-state index contributed by atoms with van der Waals surface area (Å²) in [6.45, 7) is 4.30. The maximum absolute atomic E-state index is 12.0. The molecule has 1 aromatic heterocycles. The monoisotopic (exact) mass is 429 g/mol. The van der Waals surface area contributed by atoms with Gasteiger partial charge in [0.25, 0.3) is 0 Å². The molecule has 1 fully saturated rings. The second-order valence-corrected chi connectivity index (χ2v) is 7.82. The van der Waals surface area contributed by atoms with E-state index in [1.54, 1.807) is 13.8 Å². The molecule has 31 heavy (non-hydrogen) atoms. The lowest BCUT2D eigenvalue weighted by Gasteiger charge is -2.21. The molecule has 2 aliphatic rings. The number of anilines is 2. The van der Waals surface area contributed by atoms with Crippen molar-refractivity contribution in [1.29, 1.82) is 0 Å². The number of nitrogen functional groups attached to an aromatic ring is 1. The summed E-state index contributed by atoms with van der Waals surface area (Å²) in [6, 6.07) is 9.21. The van der Waals surface area contributed by atoms with E-state index < -0.39 is 40.2 Å². The second kappa shape index (κ2) is 8.10. The lowest BCUT2D eigenvalue weighted by molar-refractivity contribution is -0.385. The molecule has 0 bridgehead atoms. The van der Waals surface area contributed by atoms with Crippen molar-refractivity contribution in [3.05, 3.63) is 68.0 Å². The van der Waals surface area contributed by atoms with Crippen LogP contribution in [0.4, 0.5) is 17.5 Å². The summed E-state index contributed by atoms with van der Waals surface area (Å²) in [5.41, 5.74) is 5.80. The minimum Gasteiger partial charge on any atom is -0.372 e. The number of nitrogens with zero attached hydrogens (tertiary/aromatic N) is 2. The van der Waals surface area contributed by atoms with Crippen LogP contribution in [0.1, 0.15) is 19.4 Å². The quantitative estimate of drug-likeness (QED) is 0.339. The van der Waals surface area contributed by atoms with E-state index >= 15 is 0 Å². The van der Waals surface area contributed by atoms with Gasteiger partial charge in [-0.1, -0.05) is 36.4 Å². The summed E-state index contributed by atoms with van der Waals surface area (Å²) >= 11 is 0. The Kier molecular flexibility index (Phi) is 5.48. The predicted octanol–water partition coefficient (Wildman–Crippen LogP) is 1.72. The van der Waals surface area contributed by atoms with Gasteiger partial charge in [-0.3, -0.25) is 19.9 Å².